The fourth-order valence-electron chi connectivity index (χ4n) is 2.70. The Bertz CT molecular complexity index is 245. The molecule has 2 fully saturated rings. The third kappa shape index (κ3) is 4.66. The van der Waals surface area contributed by atoms with E-state index in [2.05, 4.69) is 17.6 Å². The van der Waals surface area contributed by atoms with Gasteiger partial charge in [0.2, 0.25) is 5.91 Å². The third-order valence-electron chi connectivity index (χ3n) is 4.23. The maximum Gasteiger partial charge on any atom is 0.233 e. The van der Waals surface area contributed by atoms with Crippen molar-refractivity contribution in [1.29, 1.82) is 0 Å². The van der Waals surface area contributed by atoms with Crippen LogP contribution >= 0.6 is 0 Å². The number of carbonyl (C=O) groups excluding carboxylic acids is 1. The number of nitrogens with one attached hydrogen (secondary N) is 2. The monoisotopic (exact) mass is 238 g/mol. The van der Waals surface area contributed by atoms with Crippen molar-refractivity contribution in [3.63, 3.8) is 0 Å². The zero-order chi connectivity index (χ0) is 12.1. The molecule has 0 heterocycles. The van der Waals surface area contributed by atoms with Crippen LogP contribution in [0.4, 0.5) is 0 Å². The smallest absolute Gasteiger partial charge is 0.233 e. The standard InChI is InChI=1S/C14H26N2O/c1-11(13-5-3-2-4-6-13)15-10-14(17)16-9-12-7-8-12/h11-13,15H,2-10H2,1H3,(H,16,17)/t11-/m0/s1. The first-order valence-corrected chi connectivity index (χ1v) is 7.26. The van der Waals surface area contributed by atoms with E-state index in [1.165, 1.54) is 44.9 Å². The summed E-state index contributed by atoms with van der Waals surface area (Å²) in [6.07, 6.45) is 9.38. The molecular formula is C14H26N2O. The summed E-state index contributed by atoms with van der Waals surface area (Å²) in [6.45, 7) is 3.60. The number of hydrogen-bond acceptors (Lipinski definition) is 2. The van der Waals surface area contributed by atoms with E-state index in [-0.39, 0.29) is 5.91 Å². The van der Waals surface area contributed by atoms with E-state index >= 15 is 0 Å². The van der Waals surface area contributed by atoms with Gasteiger partial charge in [0.1, 0.15) is 0 Å². The van der Waals surface area contributed by atoms with E-state index < -0.39 is 0 Å². The molecule has 0 unspecified atom stereocenters. The highest BCUT2D eigenvalue weighted by molar-refractivity contribution is 5.78. The van der Waals surface area contributed by atoms with Crippen molar-refractivity contribution in [2.24, 2.45) is 11.8 Å². The average molecular weight is 238 g/mol. The van der Waals surface area contributed by atoms with Crippen molar-refractivity contribution in [3.05, 3.63) is 0 Å². The minimum atomic E-state index is 0.166. The lowest BCUT2D eigenvalue weighted by molar-refractivity contribution is -0.120. The normalized spacial score (nSPS) is 23.4. The van der Waals surface area contributed by atoms with Crippen LogP contribution < -0.4 is 10.6 Å². The summed E-state index contributed by atoms with van der Waals surface area (Å²) in [6, 6.07) is 0.488. The van der Waals surface area contributed by atoms with Crippen LogP contribution in [0.3, 0.4) is 0 Å². The molecule has 1 atom stereocenters. The Kier molecular flexibility index (Phi) is 4.84. The molecule has 2 aliphatic rings. The van der Waals surface area contributed by atoms with Crippen molar-refractivity contribution in [2.45, 2.75) is 57.9 Å². The SMILES string of the molecule is C[C@H](NCC(=O)NCC1CC1)C1CCCCC1. The van der Waals surface area contributed by atoms with Crippen molar-refractivity contribution < 1.29 is 4.79 Å². The first-order valence-electron chi connectivity index (χ1n) is 7.26. The van der Waals surface area contributed by atoms with Crippen LogP contribution in [0.5, 0.6) is 0 Å². The van der Waals surface area contributed by atoms with Crippen molar-refractivity contribution in [1.82, 2.24) is 10.6 Å². The predicted molar refractivity (Wildman–Crippen MR) is 69.8 cm³/mol. The molecule has 1 amide bonds. The summed E-state index contributed by atoms with van der Waals surface area (Å²) in [5.74, 6) is 1.72. The van der Waals surface area contributed by atoms with Gasteiger partial charge in [0.15, 0.2) is 0 Å². The molecule has 0 aromatic heterocycles. The van der Waals surface area contributed by atoms with Crippen LogP contribution in [0.2, 0.25) is 0 Å². The first-order chi connectivity index (χ1) is 8.25. The molecule has 0 spiro atoms. The van der Waals surface area contributed by atoms with Gasteiger partial charge in [-0.25, -0.2) is 0 Å². The van der Waals surface area contributed by atoms with E-state index in [9.17, 15) is 4.79 Å². The molecule has 2 saturated carbocycles. The molecule has 98 valence electrons. The fraction of sp³-hybridized carbons (Fsp3) is 0.929. The minimum Gasteiger partial charge on any atom is -0.355 e. The molecule has 2 rings (SSSR count). The molecule has 17 heavy (non-hydrogen) atoms. The molecule has 0 saturated heterocycles. The molecule has 0 bridgehead atoms. The van der Waals surface area contributed by atoms with Gasteiger partial charge in [-0.1, -0.05) is 19.3 Å². The quantitative estimate of drug-likeness (QED) is 0.744. The lowest BCUT2D eigenvalue weighted by Crippen LogP contribution is -2.42. The Morgan fingerprint density at radius 1 is 1.18 bits per heavy atom. The Morgan fingerprint density at radius 2 is 1.88 bits per heavy atom. The fourth-order valence-corrected chi connectivity index (χ4v) is 2.70. The summed E-state index contributed by atoms with van der Waals surface area (Å²) in [5, 5.41) is 6.39. The van der Waals surface area contributed by atoms with Gasteiger partial charge in [-0.15, -0.1) is 0 Å². The second-order valence-corrected chi connectivity index (χ2v) is 5.82. The second-order valence-electron chi connectivity index (χ2n) is 5.82. The molecule has 0 aromatic carbocycles. The summed E-state index contributed by atoms with van der Waals surface area (Å²) < 4.78 is 0. The maximum atomic E-state index is 11.6. The predicted octanol–water partition coefficient (Wildman–Crippen LogP) is 2.07. The van der Waals surface area contributed by atoms with Gasteiger partial charge in [-0.2, -0.15) is 0 Å². The van der Waals surface area contributed by atoms with Crippen molar-refractivity contribution in [2.75, 3.05) is 13.1 Å². The van der Waals surface area contributed by atoms with Crippen molar-refractivity contribution >= 4 is 5.91 Å². The maximum absolute atomic E-state index is 11.6. The van der Waals surface area contributed by atoms with Gasteiger partial charge >= 0.3 is 0 Å². The average Bonchev–Trinajstić information content (AvgIpc) is 3.18. The molecule has 0 aliphatic heterocycles. The van der Waals surface area contributed by atoms with E-state index in [1.807, 2.05) is 0 Å². The van der Waals surface area contributed by atoms with Crippen LogP contribution in [0.1, 0.15) is 51.9 Å². The van der Waals surface area contributed by atoms with E-state index in [4.69, 9.17) is 0 Å². The molecule has 2 N–H and O–H groups in total. The Hall–Kier alpha value is -0.570. The molecule has 3 heteroatoms. The second kappa shape index (κ2) is 6.39. The number of amides is 1. The summed E-state index contributed by atoms with van der Waals surface area (Å²) in [5.41, 5.74) is 0. The molecule has 3 nitrogen and oxygen atoms in total. The third-order valence-corrected chi connectivity index (χ3v) is 4.23. The van der Waals surface area contributed by atoms with Gasteiger partial charge in [0.25, 0.3) is 0 Å². The highest BCUT2D eigenvalue weighted by Crippen LogP contribution is 2.27. The zero-order valence-corrected chi connectivity index (χ0v) is 11.0. The van der Waals surface area contributed by atoms with E-state index in [1.54, 1.807) is 0 Å². The van der Waals surface area contributed by atoms with Crippen LogP contribution in [0.15, 0.2) is 0 Å². The summed E-state index contributed by atoms with van der Waals surface area (Å²) in [4.78, 5) is 11.6. The largest absolute Gasteiger partial charge is 0.355 e. The van der Waals surface area contributed by atoms with Crippen molar-refractivity contribution in [3.8, 4) is 0 Å². The van der Waals surface area contributed by atoms with Crippen LogP contribution in [-0.2, 0) is 4.79 Å². The van der Waals surface area contributed by atoms with Gasteiger partial charge in [-0.05, 0) is 44.4 Å². The molecule has 0 radical (unpaired) electrons. The Balaban J connectivity index is 1.57. The van der Waals surface area contributed by atoms with Crippen LogP contribution in [0.25, 0.3) is 0 Å². The summed E-state index contributed by atoms with van der Waals surface area (Å²) >= 11 is 0. The van der Waals surface area contributed by atoms with Crippen LogP contribution in [-0.4, -0.2) is 25.0 Å². The molecular weight excluding hydrogens is 212 g/mol. The van der Waals surface area contributed by atoms with Gasteiger partial charge in [0.05, 0.1) is 6.54 Å². The first kappa shape index (κ1) is 12.9. The van der Waals surface area contributed by atoms with E-state index in [0.29, 0.717) is 12.6 Å². The highest BCUT2D eigenvalue weighted by atomic mass is 16.1. The summed E-state index contributed by atoms with van der Waals surface area (Å²) in [7, 11) is 0. The van der Waals surface area contributed by atoms with E-state index in [0.717, 1.165) is 18.4 Å². The number of rotatable bonds is 6. The topological polar surface area (TPSA) is 41.1 Å². The zero-order valence-electron chi connectivity index (χ0n) is 11.0. The Labute approximate surface area is 105 Å². The number of hydrogen-bond donors (Lipinski definition) is 2. The van der Waals surface area contributed by atoms with Gasteiger partial charge in [0, 0.05) is 12.6 Å². The molecule has 2 aliphatic carbocycles. The lowest BCUT2D eigenvalue weighted by atomic mass is 9.84. The van der Waals surface area contributed by atoms with Crippen LogP contribution in [0, 0.1) is 11.8 Å². The Morgan fingerprint density at radius 3 is 2.53 bits per heavy atom. The minimum absolute atomic E-state index is 0.166. The van der Waals surface area contributed by atoms with Gasteiger partial charge in [-0.3, -0.25) is 4.79 Å². The van der Waals surface area contributed by atoms with Gasteiger partial charge < -0.3 is 10.6 Å². The lowest BCUT2D eigenvalue weighted by Gasteiger charge is -2.28. The number of carbonyl (C=O) groups is 1. The highest BCUT2D eigenvalue weighted by Gasteiger charge is 2.22. The molecule has 0 aromatic rings.